The van der Waals surface area contributed by atoms with E-state index in [-0.39, 0.29) is 31.1 Å². The highest BCUT2D eigenvalue weighted by atomic mass is 16.7. The predicted molar refractivity (Wildman–Crippen MR) is 80.4 cm³/mol. The summed E-state index contributed by atoms with van der Waals surface area (Å²) in [6.07, 6.45) is 0.132. The first-order valence-electron chi connectivity index (χ1n) is 7.90. The van der Waals surface area contributed by atoms with Crippen molar-refractivity contribution >= 4 is 5.97 Å². The minimum absolute atomic E-state index is 0.0490. The summed E-state index contributed by atoms with van der Waals surface area (Å²) < 4.78 is 28.1. The smallest absolute Gasteiger partial charge is 0.305 e. The summed E-state index contributed by atoms with van der Waals surface area (Å²) in [5.41, 5.74) is 1.07. The Morgan fingerprint density at radius 3 is 2.83 bits per heavy atom. The molecule has 0 bridgehead atoms. The number of esters is 1. The zero-order valence-electron chi connectivity index (χ0n) is 13.2. The van der Waals surface area contributed by atoms with Crippen LogP contribution in [0.5, 0.6) is 0 Å². The van der Waals surface area contributed by atoms with Crippen molar-refractivity contribution in [1.82, 2.24) is 0 Å². The molecule has 3 rings (SSSR count). The number of rotatable bonds is 4. The van der Waals surface area contributed by atoms with Gasteiger partial charge in [0.2, 0.25) is 6.29 Å². The lowest BCUT2D eigenvalue weighted by Gasteiger charge is -2.31. The lowest BCUT2D eigenvalue weighted by molar-refractivity contribution is -0.262. The molecule has 1 aromatic carbocycles. The standard InChI is InChI=1S/C17H22O6/c1-12(18)22-17-15(20-9-13-5-3-2-4-6-13)8-7-14-16(23-17)10-19-11-21-14/h2-6,14-17H,7-11H2,1H3/t14-,15-,16+,17+/m0/s1. The van der Waals surface area contributed by atoms with Crippen LogP contribution >= 0.6 is 0 Å². The summed E-state index contributed by atoms with van der Waals surface area (Å²) in [5.74, 6) is -0.389. The summed E-state index contributed by atoms with van der Waals surface area (Å²) in [5, 5.41) is 0. The Labute approximate surface area is 135 Å². The zero-order chi connectivity index (χ0) is 16.1. The second-order valence-electron chi connectivity index (χ2n) is 5.76. The van der Waals surface area contributed by atoms with Crippen LogP contribution in [0.25, 0.3) is 0 Å². The fourth-order valence-corrected chi connectivity index (χ4v) is 2.84. The van der Waals surface area contributed by atoms with Gasteiger partial charge in [0.15, 0.2) is 0 Å². The van der Waals surface area contributed by atoms with E-state index in [1.54, 1.807) is 0 Å². The minimum atomic E-state index is -0.739. The van der Waals surface area contributed by atoms with Crippen molar-refractivity contribution in [2.24, 2.45) is 0 Å². The molecule has 2 aliphatic rings. The Kier molecular flexibility index (Phi) is 5.61. The molecule has 0 amide bonds. The Morgan fingerprint density at radius 1 is 1.22 bits per heavy atom. The molecular weight excluding hydrogens is 300 g/mol. The van der Waals surface area contributed by atoms with Gasteiger partial charge in [-0.25, -0.2) is 0 Å². The number of hydrogen-bond acceptors (Lipinski definition) is 6. The fourth-order valence-electron chi connectivity index (χ4n) is 2.84. The molecule has 6 heteroatoms. The number of benzene rings is 1. The predicted octanol–water partition coefficient (Wildman–Crippen LogP) is 2.01. The van der Waals surface area contributed by atoms with Crippen molar-refractivity contribution in [3.8, 4) is 0 Å². The van der Waals surface area contributed by atoms with Crippen LogP contribution in [-0.2, 0) is 35.1 Å². The monoisotopic (exact) mass is 322 g/mol. The van der Waals surface area contributed by atoms with E-state index >= 15 is 0 Å². The SMILES string of the molecule is CC(=O)O[C@@H]1O[C@@H]2COCO[C@H]2CC[C@@H]1OCc1ccccc1. The molecule has 0 N–H and O–H groups in total. The highest BCUT2D eigenvalue weighted by molar-refractivity contribution is 5.66. The first kappa shape index (κ1) is 16.4. The summed E-state index contributed by atoms with van der Waals surface area (Å²) >= 11 is 0. The van der Waals surface area contributed by atoms with E-state index in [9.17, 15) is 4.79 Å². The molecule has 23 heavy (non-hydrogen) atoms. The van der Waals surface area contributed by atoms with Crippen LogP contribution in [0.15, 0.2) is 30.3 Å². The van der Waals surface area contributed by atoms with Gasteiger partial charge in [-0.1, -0.05) is 30.3 Å². The molecular formula is C17H22O6. The average Bonchev–Trinajstić information content (AvgIpc) is 2.72. The van der Waals surface area contributed by atoms with Crippen molar-refractivity contribution in [2.75, 3.05) is 13.4 Å². The van der Waals surface area contributed by atoms with Gasteiger partial charge in [0, 0.05) is 6.92 Å². The average molecular weight is 322 g/mol. The summed E-state index contributed by atoms with van der Waals surface area (Å²) in [4.78, 5) is 11.4. The first-order chi connectivity index (χ1) is 11.2. The molecule has 2 fully saturated rings. The molecule has 1 aromatic rings. The van der Waals surface area contributed by atoms with E-state index in [1.807, 2.05) is 30.3 Å². The molecule has 0 aliphatic carbocycles. The quantitative estimate of drug-likeness (QED) is 0.790. The topological polar surface area (TPSA) is 63.2 Å². The third kappa shape index (κ3) is 4.51. The van der Waals surface area contributed by atoms with Crippen LogP contribution in [0.3, 0.4) is 0 Å². The highest BCUT2D eigenvalue weighted by Gasteiger charge is 2.39. The molecule has 0 unspecified atom stereocenters. The van der Waals surface area contributed by atoms with Gasteiger partial charge in [-0.3, -0.25) is 4.79 Å². The van der Waals surface area contributed by atoms with Gasteiger partial charge in [0.25, 0.3) is 0 Å². The van der Waals surface area contributed by atoms with Crippen molar-refractivity contribution in [3.05, 3.63) is 35.9 Å². The number of hydrogen-bond donors (Lipinski definition) is 0. The van der Waals surface area contributed by atoms with Crippen molar-refractivity contribution in [1.29, 1.82) is 0 Å². The number of carbonyl (C=O) groups excluding carboxylic acids is 1. The molecule has 126 valence electrons. The third-order valence-corrected chi connectivity index (χ3v) is 4.00. The Balaban J connectivity index is 1.66. The maximum atomic E-state index is 11.4. The highest BCUT2D eigenvalue weighted by Crippen LogP contribution is 2.27. The Hall–Kier alpha value is -1.47. The number of ether oxygens (including phenoxy) is 5. The number of carbonyl (C=O) groups is 1. The van der Waals surface area contributed by atoms with Gasteiger partial charge < -0.3 is 23.7 Å². The van der Waals surface area contributed by atoms with Crippen molar-refractivity contribution in [2.45, 2.75) is 51.0 Å². The zero-order valence-corrected chi connectivity index (χ0v) is 13.2. The second-order valence-corrected chi connectivity index (χ2v) is 5.76. The maximum Gasteiger partial charge on any atom is 0.305 e. The van der Waals surface area contributed by atoms with Crippen molar-refractivity contribution < 1.29 is 28.5 Å². The van der Waals surface area contributed by atoms with Crippen LogP contribution in [0, 0.1) is 0 Å². The van der Waals surface area contributed by atoms with Gasteiger partial charge >= 0.3 is 5.97 Å². The van der Waals surface area contributed by atoms with Crippen LogP contribution in [-0.4, -0.2) is 44.0 Å². The molecule has 6 nitrogen and oxygen atoms in total. The Morgan fingerprint density at radius 2 is 2.04 bits per heavy atom. The largest absolute Gasteiger partial charge is 0.433 e. The summed E-state index contributed by atoms with van der Waals surface area (Å²) in [6, 6.07) is 9.88. The lowest BCUT2D eigenvalue weighted by Crippen LogP contribution is -2.43. The fraction of sp³-hybridized carbons (Fsp3) is 0.588. The van der Waals surface area contributed by atoms with E-state index in [4.69, 9.17) is 23.7 Å². The van der Waals surface area contributed by atoms with Crippen LogP contribution in [0.4, 0.5) is 0 Å². The summed E-state index contributed by atoms with van der Waals surface area (Å²) in [7, 11) is 0. The Bertz CT molecular complexity index is 505. The molecule has 0 radical (unpaired) electrons. The minimum Gasteiger partial charge on any atom is -0.433 e. The molecule has 0 spiro atoms. The molecule has 2 aliphatic heterocycles. The first-order valence-corrected chi connectivity index (χ1v) is 7.90. The van der Waals surface area contributed by atoms with Gasteiger partial charge in [0.05, 0.1) is 19.3 Å². The lowest BCUT2D eigenvalue weighted by atomic mass is 10.1. The molecule has 2 saturated heterocycles. The van der Waals surface area contributed by atoms with Gasteiger partial charge in [-0.15, -0.1) is 0 Å². The van der Waals surface area contributed by atoms with E-state index < -0.39 is 6.29 Å². The summed E-state index contributed by atoms with van der Waals surface area (Å²) in [6.45, 7) is 2.53. The van der Waals surface area contributed by atoms with Crippen LogP contribution in [0.1, 0.15) is 25.3 Å². The second kappa shape index (κ2) is 7.88. The van der Waals surface area contributed by atoms with E-state index in [0.717, 1.165) is 12.0 Å². The van der Waals surface area contributed by atoms with E-state index in [1.165, 1.54) is 6.92 Å². The number of fused-ring (bicyclic) bond motifs is 1. The van der Waals surface area contributed by atoms with Gasteiger partial charge in [-0.2, -0.15) is 0 Å². The van der Waals surface area contributed by atoms with E-state index in [2.05, 4.69) is 0 Å². The van der Waals surface area contributed by atoms with Gasteiger partial charge in [0.1, 0.15) is 19.0 Å². The molecule has 2 heterocycles. The van der Waals surface area contributed by atoms with Crippen LogP contribution in [0.2, 0.25) is 0 Å². The van der Waals surface area contributed by atoms with E-state index in [0.29, 0.717) is 19.6 Å². The molecule has 4 atom stereocenters. The van der Waals surface area contributed by atoms with Gasteiger partial charge in [-0.05, 0) is 18.4 Å². The third-order valence-electron chi connectivity index (χ3n) is 4.00. The molecule has 0 aromatic heterocycles. The van der Waals surface area contributed by atoms with Crippen molar-refractivity contribution in [3.63, 3.8) is 0 Å². The molecule has 0 saturated carbocycles. The van der Waals surface area contributed by atoms with Crippen LogP contribution < -0.4 is 0 Å². The normalized spacial score (nSPS) is 31.0. The maximum absolute atomic E-state index is 11.4.